The minimum absolute atomic E-state index is 0.00411. The molecule has 0 aromatic heterocycles. The van der Waals surface area contributed by atoms with Gasteiger partial charge in [0.05, 0.1) is 18.3 Å². The van der Waals surface area contributed by atoms with Crippen molar-refractivity contribution in [3.63, 3.8) is 0 Å². The average Bonchev–Trinajstić information content (AvgIpc) is 2.61. The van der Waals surface area contributed by atoms with Gasteiger partial charge in [-0.15, -0.1) is 0 Å². The second-order valence-corrected chi connectivity index (χ2v) is 6.53. The van der Waals surface area contributed by atoms with E-state index in [1.54, 1.807) is 12.1 Å². The fourth-order valence-corrected chi connectivity index (χ4v) is 2.04. The zero-order valence-electron chi connectivity index (χ0n) is 16.7. The van der Waals surface area contributed by atoms with Gasteiger partial charge in [-0.3, -0.25) is 0 Å². The van der Waals surface area contributed by atoms with Crippen molar-refractivity contribution in [2.75, 3.05) is 0 Å². The van der Waals surface area contributed by atoms with Gasteiger partial charge in [0.1, 0.15) is 0 Å². The molecule has 0 saturated carbocycles. The van der Waals surface area contributed by atoms with E-state index in [-0.39, 0.29) is 18.3 Å². The Kier molecular flexibility index (Phi) is 9.03. The maximum Gasteiger partial charge on any atom is 0.328 e. The first-order valence-corrected chi connectivity index (χ1v) is 9.39. The number of carboxylic acids is 1. The lowest BCUT2D eigenvalue weighted by molar-refractivity contribution is -0.131. The number of hydrogen-bond donors (Lipinski definition) is 1. The molecule has 0 bridgehead atoms. The first kappa shape index (κ1) is 21.9. The van der Waals surface area contributed by atoms with Crippen molar-refractivity contribution in [1.29, 1.82) is 0 Å². The molecule has 146 valence electrons. The summed E-state index contributed by atoms with van der Waals surface area (Å²) in [6.07, 6.45) is 5.20. The van der Waals surface area contributed by atoms with Crippen molar-refractivity contribution in [3.8, 4) is 17.2 Å². The van der Waals surface area contributed by atoms with Gasteiger partial charge >= 0.3 is 5.97 Å². The summed E-state index contributed by atoms with van der Waals surface area (Å²) in [5.41, 5.74) is 0.695. The fourth-order valence-electron chi connectivity index (χ4n) is 2.04. The summed E-state index contributed by atoms with van der Waals surface area (Å²) in [5.74, 6) is 0.724. The molecule has 0 heterocycles. The molecule has 1 aromatic carbocycles. The van der Waals surface area contributed by atoms with Gasteiger partial charge in [-0.2, -0.15) is 0 Å². The highest BCUT2D eigenvalue weighted by molar-refractivity contribution is 5.85. The van der Waals surface area contributed by atoms with Gasteiger partial charge in [0.2, 0.25) is 5.75 Å². The number of ether oxygens (including phenoxy) is 3. The Bertz CT molecular complexity index is 575. The molecule has 26 heavy (non-hydrogen) atoms. The molecule has 5 nitrogen and oxygen atoms in total. The van der Waals surface area contributed by atoms with Crippen molar-refractivity contribution < 1.29 is 24.1 Å². The van der Waals surface area contributed by atoms with Crippen LogP contribution in [0.5, 0.6) is 17.2 Å². The van der Waals surface area contributed by atoms with Crippen LogP contribution in [0.25, 0.3) is 6.08 Å². The summed E-state index contributed by atoms with van der Waals surface area (Å²) in [6, 6.07) is 3.60. The minimum atomic E-state index is -1.00. The molecule has 0 fully saturated rings. The maximum absolute atomic E-state index is 10.9. The largest absolute Gasteiger partial charge is 0.487 e. The average molecular weight is 364 g/mol. The fraction of sp³-hybridized carbons (Fsp3) is 0.571. The van der Waals surface area contributed by atoms with Crippen molar-refractivity contribution in [1.82, 2.24) is 0 Å². The van der Waals surface area contributed by atoms with Crippen molar-refractivity contribution in [2.24, 2.45) is 0 Å². The summed E-state index contributed by atoms with van der Waals surface area (Å²) >= 11 is 0. The van der Waals surface area contributed by atoms with Crippen LogP contribution in [0.4, 0.5) is 0 Å². The van der Waals surface area contributed by atoms with Gasteiger partial charge < -0.3 is 19.3 Å². The van der Waals surface area contributed by atoms with Crippen molar-refractivity contribution >= 4 is 12.0 Å². The monoisotopic (exact) mass is 364 g/mol. The van der Waals surface area contributed by atoms with E-state index in [0.717, 1.165) is 25.3 Å². The lowest BCUT2D eigenvalue weighted by Crippen LogP contribution is -2.17. The van der Waals surface area contributed by atoms with Gasteiger partial charge in [0, 0.05) is 6.08 Å². The van der Waals surface area contributed by atoms with Crippen LogP contribution in [0.2, 0.25) is 0 Å². The third-order valence-corrected chi connectivity index (χ3v) is 4.16. The Morgan fingerprint density at radius 2 is 1.35 bits per heavy atom. The van der Waals surface area contributed by atoms with E-state index in [9.17, 15) is 4.79 Å². The summed E-state index contributed by atoms with van der Waals surface area (Å²) in [5, 5.41) is 8.91. The zero-order valence-corrected chi connectivity index (χ0v) is 16.7. The predicted octanol–water partition coefficient (Wildman–Crippen LogP) is 5.32. The normalized spacial score (nSPS) is 14.7. The molecule has 0 spiro atoms. The predicted molar refractivity (Wildman–Crippen MR) is 104 cm³/mol. The first-order valence-electron chi connectivity index (χ1n) is 9.39. The molecule has 1 N–H and O–H groups in total. The molecule has 0 radical (unpaired) electrons. The minimum Gasteiger partial charge on any atom is -0.487 e. The van der Waals surface area contributed by atoms with Gasteiger partial charge in [-0.25, -0.2) is 4.79 Å². The molecule has 5 heteroatoms. The summed E-state index contributed by atoms with van der Waals surface area (Å²) in [6.45, 7) is 12.1. The lowest BCUT2D eigenvalue weighted by Gasteiger charge is -2.24. The molecule has 0 aliphatic carbocycles. The van der Waals surface area contributed by atoms with E-state index in [2.05, 4.69) is 6.92 Å². The Morgan fingerprint density at radius 3 is 1.73 bits per heavy atom. The van der Waals surface area contributed by atoms with E-state index >= 15 is 0 Å². The van der Waals surface area contributed by atoms with Crippen LogP contribution >= 0.6 is 0 Å². The van der Waals surface area contributed by atoms with Crippen LogP contribution in [0.15, 0.2) is 18.2 Å². The van der Waals surface area contributed by atoms with E-state index in [0.29, 0.717) is 22.8 Å². The smallest absolute Gasteiger partial charge is 0.328 e. The third kappa shape index (κ3) is 6.98. The molecule has 0 saturated heterocycles. The quantitative estimate of drug-likeness (QED) is 0.539. The van der Waals surface area contributed by atoms with Gasteiger partial charge in [-0.1, -0.05) is 20.8 Å². The highest BCUT2D eigenvalue weighted by atomic mass is 16.6. The highest BCUT2D eigenvalue weighted by Gasteiger charge is 2.20. The molecular formula is C21H32O5. The SMILES string of the molecule is CCC(C)Oc1cc(/C=C/C(=O)O)cc(OC(C)CC)c1OC(C)CC. The van der Waals surface area contributed by atoms with Crippen LogP contribution in [0, 0.1) is 0 Å². The summed E-state index contributed by atoms with van der Waals surface area (Å²) in [7, 11) is 0. The second kappa shape index (κ2) is 10.7. The van der Waals surface area contributed by atoms with Crippen LogP contribution in [0.1, 0.15) is 66.4 Å². The molecule has 1 rings (SSSR count). The summed E-state index contributed by atoms with van der Waals surface area (Å²) in [4.78, 5) is 10.9. The van der Waals surface area contributed by atoms with Crippen molar-refractivity contribution in [2.45, 2.75) is 79.1 Å². The molecule has 3 unspecified atom stereocenters. The lowest BCUT2D eigenvalue weighted by atomic mass is 10.1. The van der Waals surface area contributed by atoms with Crippen LogP contribution in [0.3, 0.4) is 0 Å². The Balaban J connectivity index is 3.43. The number of benzene rings is 1. The van der Waals surface area contributed by atoms with Gasteiger partial charge in [0.25, 0.3) is 0 Å². The molecule has 1 aromatic rings. The second-order valence-electron chi connectivity index (χ2n) is 6.53. The molecular weight excluding hydrogens is 332 g/mol. The van der Waals surface area contributed by atoms with Crippen LogP contribution in [-0.4, -0.2) is 29.4 Å². The third-order valence-electron chi connectivity index (χ3n) is 4.16. The highest BCUT2D eigenvalue weighted by Crippen LogP contribution is 2.41. The first-order chi connectivity index (χ1) is 12.3. The maximum atomic E-state index is 10.9. The standard InChI is InChI=1S/C21H32O5/c1-7-14(4)24-18-12-17(10-11-20(22)23)13-19(25-15(5)8-2)21(18)26-16(6)9-3/h10-16H,7-9H2,1-6H3,(H,22,23)/b11-10+. The van der Waals surface area contributed by atoms with E-state index in [1.165, 1.54) is 6.08 Å². The Morgan fingerprint density at radius 1 is 0.923 bits per heavy atom. The number of aliphatic carboxylic acids is 1. The van der Waals surface area contributed by atoms with E-state index < -0.39 is 5.97 Å². The molecule has 0 amide bonds. The molecule has 0 aliphatic heterocycles. The van der Waals surface area contributed by atoms with E-state index in [4.69, 9.17) is 19.3 Å². The van der Waals surface area contributed by atoms with Crippen molar-refractivity contribution in [3.05, 3.63) is 23.8 Å². The Hall–Kier alpha value is -2.17. The van der Waals surface area contributed by atoms with Gasteiger partial charge in [0.15, 0.2) is 11.5 Å². The Labute approximate surface area is 157 Å². The number of carboxylic acid groups (broad SMARTS) is 1. The topological polar surface area (TPSA) is 65.0 Å². The van der Waals surface area contributed by atoms with E-state index in [1.807, 2.05) is 34.6 Å². The van der Waals surface area contributed by atoms with Crippen LogP contribution < -0.4 is 14.2 Å². The zero-order chi connectivity index (χ0) is 19.7. The van der Waals surface area contributed by atoms with Crippen LogP contribution in [-0.2, 0) is 4.79 Å². The number of hydrogen-bond acceptors (Lipinski definition) is 4. The molecule has 3 atom stereocenters. The molecule has 0 aliphatic rings. The van der Waals surface area contributed by atoms with Gasteiger partial charge in [-0.05, 0) is 63.8 Å². The number of rotatable bonds is 11. The summed E-state index contributed by atoms with van der Waals surface area (Å²) < 4.78 is 18.2. The number of carbonyl (C=O) groups is 1.